The van der Waals surface area contributed by atoms with E-state index in [0.717, 1.165) is 34.2 Å². The van der Waals surface area contributed by atoms with Crippen molar-refractivity contribution in [3.63, 3.8) is 0 Å². The van der Waals surface area contributed by atoms with Crippen molar-refractivity contribution in [2.75, 3.05) is 4.90 Å². The maximum atomic E-state index is 7.13. The van der Waals surface area contributed by atoms with Gasteiger partial charge in [-0.25, -0.2) is 0 Å². The van der Waals surface area contributed by atoms with Crippen molar-refractivity contribution < 1.29 is 4.74 Å². The van der Waals surface area contributed by atoms with Gasteiger partial charge in [0.2, 0.25) is 0 Å². The topological polar surface area (TPSA) is 17.4 Å². The van der Waals surface area contributed by atoms with E-state index in [0.29, 0.717) is 0 Å². The lowest BCUT2D eigenvalue weighted by Gasteiger charge is -2.41. The molecule has 12 aromatic rings. The third-order valence-corrected chi connectivity index (χ3v) is 19.2. The predicted octanol–water partition coefficient (Wildman–Crippen LogP) is 20.1. The fraction of sp³-hybridized carbons (Fsp3) is 0.132. The molecule has 11 aromatic carbocycles. The van der Waals surface area contributed by atoms with Gasteiger partial charge in [-0.05, 0) is 163 Å². The molecule has 0 N–H and O–H groups in total. The summed E-state index contributed by atoms with van der Waals surface area (Å²) in [6.07, 6.45) is 0. The highest BCUT2D eigenvalue weighted by Gasteiger charge is 2.53. The molecule has 4 heteroatoms. The summed E-state index contributed by atoms with van der Waals surface area (Å²) >= 11 is 1.89. The quantitative estimate of drug-likeness (QED) is 0.175. The number of nitrogens with zero attached hydrogens (tertiary/aromatic N) is 2. The lowest BCUT2D eigenvalue weighted by Crippen LogP contribution is -2.33. The van der Waals surface area contributed by atoms with E-state index in [1.165, 1.54) is 109 Å². The summed E-state index contributed by atoms with van der Waals surface area (Å²) in [5, 5.41) is 2.46. The Labute approximate surface area is 472 Å². The van der Waals surface area contributed by atoms with E-state index in [2.05, 4.69) is 294 Å². The number of ether oxygens (including phenoxy) is 1. The van der Waals surface area contributed by atoms with Crippen LogP contribution in [-0.2, 0) is 21.7 Å². The summed E-state index contributed by atoms with van der Waals surface area (Å²) in [6, 6.07) is 92.0. The first-order chi connectivity index (χ1) is 38.9. The molecule has 0 atom stereocenters. The number of benzene rings is 11. The lowest BCUT2D eigenvalue weighted by molar-refractivity contribution is 0.433. The van der Waals surface area contributed by atoms with Gasteiger partial charge in [0.15, 0.2) is 0 Å². The van der Waals surface area contributed by atoms with Crippen LogP contribution in [-0.4, -0.2) is 4.57 Å². The van der Waals surface area contributed by atoms with E-state index in [-0.39, 0.29) is 10.8 Å². The van der Waals surface area contributed by atoms with Crippen molar-refractivity contribution in [1.82, 2.24) is 4.57 Å². The summed E-state index contributed by atoms with van der Waals surface area (Å²) in [5.41, 5.74) is 22.9. The zero-order valence-electron chi connectivity index (χ0n) is 45.8. The van der Waals surface area contributed by atoms with Crippen LogP contribution in [0.25, 0.3) is 49.7 Å². The van der Waals surface area contributed by atoms with E-state index in [1.54, 1.807) is 0 Å². The first-order valence-corrected chi connectivity index (χ1v) is 29.0. The van der Waals surface area contributed by atoms with Crippen LogP contribution in [0.3, 0.4) is 0 Å². The molecule has 3 heterocycles. The number of fused-ring (bicyclic) bond motifs is 21. The minimum Gasteiger partial charge on any atom is -0.457 e. The molecular weight excluding hydrogens is 989 g/mol. The van der Waals surface area contributed by atoms with Gasteiger partial charge in [-0.3, -0.25) is 0 Å². The van der Waals surface area contributed by atoms with Gasteiger partial charge in [0, 0.05) is 43.1 Å². The Balaban J connectivity index is 1.02. The summed E-state index contributed by atoms with van der Waals surface area (Å²) in [5.74, 6) is 1.79. The van der Waals surface area contributed by atoms with E-state index in [1.807, 2.05) is 11.8 Å². The number of hydrogen-bond donors (Lipinski definition) is 0. The van der Waals surface area contributed by atoms with E-state index in [9.17, 15) is 0 Å². The number of aromatic nitrogens is 1. The number of hydrogen-bond acceptors (Lipinski definition) is 3. The average molecular weight is 1050 g/mol. The molecule has 0 unspecified atom stereocenters. The Hall–Kier alpha value is -8.83. The largest absolute Gasteiger partial charge is 0.457 e. The minimum absolute atomic E-state index is 0.109. The molecule has 0 radical (unpaired) electrons. The molecule has 80 heavy (non-hydrogen) atoms. The van der Waals surface area contributed by atoms with Crippen LogP contribution in [0.2, 0.25) is 0 Å². The van der Waals surface area contributed by atoms with Gasteiger partial charge >= 0.3 is 0 Å². The molecule has 384 valence electrons. The molecule has 2 spiro atoms. The number of rotatable bonds is 4. The van der Waals surface area contributed by atoms with Gasteiger partial charge in [-0.1, -0.05) is 211 Å². The van der Waals surface area contributed by atoms with Crippen LogP contribution in [0.1, 0.15) is 97.2 Å². The zero-order valence-corrected chi connectivity index (χ0v) is 46.6. The molecule has 0 saturated carbocycles. The third kappa shape index (κ3) is 6.40. The Morgan fingerprint density at radius 1 is 0.362 bits per heavy atom. The van der Waals surface area contributed by atoms with Gasteiger partial charge < -0.3 is 14.2 Å². The van der Waals surface area contributed by atoms with E-state index >= 15 is 0 Å². The monoisotopic (exact) mass is 1050 g/mol. The van der Waals surface area contributed by atoms with Gasteiger partial charge in [0.25, 0.3) is 0 Å². The number of para-hydroxylation sites is 4. The normalized spacial score (nSPS) is 14.6. The van der Waals surface area contributed by atoms with Gasteiger partial charge in [0.1, 0.15) is 11.5 Å². The Kier molecular flexibility index (Phi) is 9.94. The van der Waals surface area contributed by atoms with Gasteiger partial charge in [0.05, 0.1) is 33.2 Å². The van der Waals surface area contributed by atoms with Crippen molar-refractivity contribution in [3.8, 4) is 39.4 Å². The molecule has 1 aromatic heterocycles. The molecule has 0 fully saturated rings. The van der Waals surface area contributed by atoms with Gasteiger partial charge in [-0.15, -0.1) is 0 Å². The third-order valence-electron chi connectivity index (χ3n) is 18.0. The van der Waals surface area contributed by atoms with Crippen LogP contribution < -0.4 is 9.64 Å². The molecule has 16 rings (SSSR count). The highest BCUT2D eigenvalue weighted by atomic mass is 32.2. The Morgan fingerprint density at radius 3 is 1.29 bits per heavy atom. The van der Waals surface area contributed by atoms with E-state index < -0.39 is 10.8 Å². The van der Waals surface area contributed by atoms with Crippen molar-refractivity contribution >= 4 is 50.6 Å². The van der Waals surface area contributed by atoms with Crippen LogP contribution in [0.15, 0.2) is 252 Å². The first kappa shape index (κ1) is 47.2. The second kappa shape index (κ2) is 16.8. The summed E-state index contributed by atoms with van der Waals surface area (Å²) < 4.78 is 9.62. The lowest BCUT2D eigenvalue weighted by atomic mass is 9.64. The maximum absolute atomic E-state index is 7.13. The van der Waals surface area contributed by atoms with Crippen LogP contribution in [0.4, 0.5) is 17.1 Å². The first-order valence-electron chi connectivity index (χ1n) is 28.2. The Bertz CT molecular complexity index is 4440. The fourth-order valence-corrected chi connectivity index (χ4v) is 15.6. The second-order valence-corrected chi connectivity index (χ2v) is 25.4. The highest BCUT2D eigenvalue weighted by molar-refractivity contribution is 7.99. The summed E-state index contributed by atoms with van der Waals surface area (Å²) in [6.45, 7) is 13.9. The molecule has 3 nitrogen and oxygen atoms in total. The number of anilines is 3. The van der Waals surface area contributed by atoms with E-state index in [4.69, 9.17) is 4.74 Å². The molecular formula is C76H58N2OS. The molecule has 0 saturated heterocycles. The Morgan fingerprint density at radius 2 is 0.775 bits per heavy atom. The summed E-state index contributed by atoms with van der Waals surface area (Å²) in [7, 11) is 0. The van der Waals surface area contributed by atoms with Crippen molar-refractivity contribution in [3.05, 3.63) is 298 Å². The predicted molar refractivity (Wildman–Crippen MR) is 332 cm³/mol. The summed E-state index contributed by atoms with van der Waals surface area (Å²) in [4.78, 5) is 5.15. The van der Waals surface area contributed by atoms with Gasteiger partial charge in [-0.2, -0.15) is 0 Å². The van der Waals surface area contributed by atoms with Crippen LogP contribution in [0.5, 0.6) is 11.5 Å². The maximum Gasteiger partial charge on any atom is 0.132 e. The average Bonchev–Trinajstić information content (AvgIpc) is 2.49. The second-order valence-electron chi connectivity index (χ2n) is 24.4. The molecule has 2 aliphatic heterocycles. The smallest absolute Gasteiger partial charge is 0.132 e. The molecule has 2 aliphatic carbocycles. The molecule has 4 aliphatic rings. The van der Waals surface area contributed by atoms with Crippen LogP contribution in [0, 0.1) is 0 Å². The van der Waals surface area contributed by atoms with Crippen molar-refractivity contribution in [2.45, 2.75) is 73.0 Å². The SMILES string of the molecule is CC(C)(C)c1ccc2c(c1)C1(c3cc(C(C)(C)C)ccc3O2)c2ccccc2-c2ccc(N(c3ccc4c(c3)C3(c5ccccc5Sc5ccccc53)c3ccccc3-4)c3ccccc3-n3c4ccccc4c4ccccc43)cc21. The molecule has 0 bridgehead atoms. The fourth-order valence-electron chi connectivity index (χ4n) is 14.4. The van der Waals surface area contributed by atoms with Crippen molar-refractivity contribution in [2.24, 2.45) is 0 Å². The standard InChI is InChI=1S/C76H58N2OS/c1-73(2,3)47-35-41-69-63(43-47)76(64-44-48(74(4,5)6)36-42-70(64)79-69)58-26-12-8-22-52(58)54-40-38-50(46-62(54)76)77(67-31-17-18-32-68(67)78-65-29-15-9-23-55(65)56-24-10-16-30-66(56)78)49-37-39-53-51-21-7-11-25-57(51)75(61(53)45-49)59-27-13-19-33-71(59)80-72-34-20-14-28-60(72)75/h7-46H,1-6H3. The van der Waals surface area contributed by atoms with Crippen LogP contribution >= 0.6 is 11.8 Å². The van der Waals surface area contributed by atoms with Crippen molar-refractivity contribution in [1.29, 1.82) is 0 Å². The minimum atomic E-state index is -0.720. The highest BCUT2D eigenvalue weighted by Crippen LogP contribution is 2.66. The molecule has 0 amide bonds. The zero-order chi connectivity index (χ0) is 53.9.